The Morgan fingerprint density at radius 1 is 1.22 bits per heavy atom. The van der Waals surface area contributed by atoms with Crippen LogP contribution < -0.4 is 4.74 Å². The van der Waals surface area contributed by atoms with Crippen LogP contribution in [-0.4, -0.2) is 46.7 Å². The van der Waals surface area contributed by atoms with Gasteiger partial charge in [0.25, 0.3) is 0 Å². The van der Waals surface area contributed by atoms with Crippen LogP contribution in [0.3, 0.4) is 0 Å². The maximum atomic E-state index is 12.8. The summed E-state index contributed by atoms with van der Waals surface area (Å²) in [6.07, 6.45) is -3.87. The molecule has 1 aromatic rings. The molecule has 1 atom stereocenters. The number of carbonyl (C=O) groups is 2. The van der Waals surface area contributed by atoms with E-state index in [1.54, 1.807) is 6.07 Å². The highest BCUT2D eigenvalue weighted by Crippen LogP contribution is 2.37. The zero-order valence-electron chi connectivity index (χ0n) is 12.0. The van der Waals surface area contributed by atoms with Gasteiger partial charge in [-0.2, -0.15) is 13.2 Å². The summed E-state index contributed by atoms with van der Waals surface area (Å²) in [6.45, 7) is -0.0750. The number of benzene rings is 1. The first-order chi connectivity index (χ1) is 10.8. The fourth-order valence-corrected chi connectivity index (χ4v) is 2.90. The van der Waals surface area contributed by atoms with Crippen LogP contribution in [-0.2, 0) is 11.2 Å². The first kappa shape index (κ1) is 15.6. The summed E-state index contributed by atoms with van der Waals surface area (Å²) in [5.41, 5.74) is 0.319. The fourth-order valence-electron chi connectivity index (χ4n) is 2.90. The van der Waals surface area contributed by atoms with Crippen LogP contribution in [0.25, 0.3) is 0 Å². The number of carboxylic acids is 1. The molecule has 0 aromatic heterocycles. The molecule has 1 fully saturated rings. The smallest absolute Gasteiger partial charge is 0.471 e. The molecule has 1 aliphatic carbocycles. The van der Waals surface area contributed by atoms with Gasteiger partial charge in [0, 0.05) is 18.0 Å². The van der Waals surface area contributed by atoms with Gasteiger partial charge >= 0.3 is 18.1 Å². The Morgan fingerprint density at radius 2 is 1.91 bits per heavy atom. The van der Waals surface area contributed by atoms with Crippen molar-refractivity contribution in [1.29, 1.82) is 0 Å². The van der Waals surface area contributed by atoms with Crippen molar-refractivity contribution in [2.24, 2.45) is 0 Å². The number of halogens is 3. The topological polar surface area (TPSA) is 66.8 Å². The van der Waals surface area contributed by atoms with E-state index in [2.05, 4.69) is 0 Å². The molecule has 1 saturated carbocycles. The summed E-state index contributed by atoms with van der Waals surface area (Å²) >= 11 is 0. The van der Waals surface area contributed by atoms with E-state index in [1.165, 1.54) is 12.1 Å². The summed E-state index contributed by atoms with van der Waals surface area (Å²) < 4.78 is 43.9. The second kappa shape index (κ2) is 5.43. The lowest BCUT2D eigenvalue weighted by Gasteiger charge is -2.36. The molecule has 1 aromatic carbocycles. The van der Waals surface area contributed by atoms with Crippen molar-refractivity contribution in [3.8, 4) is 5.75 Å². The highest BCUT2D eigenvalue weighted by atomic mass is 19.4. The number of ether oxygens (including phenoxy) is 1. The van der Waals surface area contributed by atoms with Crippen molar-refractivity contribution >= 4 is 11.9 Å². The van der Waals surface area contributed by atoms with Gasteiger partial charge in [-0.15, -0.1) is 0 Å². The second-order valence-electron chi connectivity index (χ2n) is 5.70. The number of hydrogen-bond donors (Lipinski definition) is 1. The molecule has 1 amide bonds. The van der Waals surface area contributed by atoms with E-state index < -0.39 is 30.1 Å². The second-order valence-corrected chi connectivity index (χ2v) is 5.70. The zero-order chi connectivity index (χ0) is 16.8. The van der Waals surface area contributed by atoms with Gasteiger partial charge in [0.05, 0.1) is 11.6 Å². The third-order valence-corrected chi connectivity index (χ3v) is 4.05. The molecule has 8 heteroatoms. The van der Waals surface area contributed by atoms with Crippen molar-refractivity contribution in [2.45, 2.75) is 37.5 Å². The van der Waals surface area contributed by atoms with Crippen molar-refractivity contribution in [2.75, 3.05) is 6.61 Å². The number of hydrogen-bond acceptors (Lipinski definition) is 3. The number of rotatable bonds is 3. The number of fused-ring (bicyclic) bond motifs is 1. The van der Waals surface area contributed by atoms with Gasteiger partial charge in [-0.05, 0) is 25.0 Å². The van der Waals surface area contributed by atoms with Crippen molar-refractivity contribution in [3.63, 3.8) is 0 Å². The number of carboxylic acid groups (broad SMARTS) is 1. The molecule has 0 saturated heterocycles. The van der Waals surface area contributed by atoms with E-state index >= 15 is 0 Å². The van der Waals surface area contributed by atoms with E-state index in [0.29, 0.717) is 24.2 Å². The molecule has 0 bridgehead atoms. The molecule has 0 radical (unpaired) electrons. The molecule has 5 nitrogen and oxygen atoms in total. The van der Waals surface area contributed by atoms with Crippen LogP contribution >= 0.6 is 0 Å². The minimum Gasteiger partial charge on any atom is -0.491 e. The first-order valence-corrected chi connectivity index (χ1v) is 7.16. The molecule has 3 rings (SSSR count). The fraction of sp³-hybridized carbons (Fsp3) is 0.467. The SMILES string of the molecule is O=C(O)c1cccc2c1CC(N(C(=O)C(F)(F)F)C1CC1)CO2. The summed E-state index contributed by atoms with van der Waals surface area (Å²) in [5, 5.41) is 9.21. The lowest BCUT2D eigenvalue weighted by atomic mass is 9.96. The number of carbonyl (C=O) groups excluding carboxylic acids is 1. The van der Waals surface area contributed by atoms with Crippen molar-refractivity contribution in [1.82, 2.24) is 4.90 Å². The molecule has 23 heavy (non-hydrogen) atoms. The molecule has 1 unspecified atom stereocenters. The van der Waals surface area contributed by atoms with Crippen LogP contribution in [0, 0.1) is 0 Å². The van der Waals surface area contributed by atoms with Crippen molar-refractivity contribution < 1.29 is 32.6 Å². The minimum atomic E-state index is -4.95. The van der Waals surface area contributed by atoms with Gasteiger partial charge in [0.15, 0.2) is 0 Å². The van der Waals surface area contributed by atoms with Gasteiger partial charge < -0.3 is 14.7 Å². The average Bonchev–Trinajstić information content (AvgIpc) is 3.30. The maximum absolute atomic E-state index is 12.8. The van der Waals surface area contributed by atoms with E-state index in [-0.39, 0.29) is 18.6 Å². The Kier molecular flexibility index (Phi) is 3.69. The van der Waals surface area contributed by atoms with Gasteiger partial charge in [0.1, 0.15) is 12.4 Å². The van der Waals surface area contributed by atoms with E-state index in [1.807, 2.05) is 0 Å². The summed E-state index contributed by atoms with van der Waals surface area (Å²) in [7, 11) is 0. The Labute approximate surface area is 129 Å². The van der Waals surface area contributed by atoms with Crippen LogP contribution in [0.15, 0.2) is 18.2 Å². The van der Waals surface area contributed by atoms with Gasteiger partial charge in [-0.3, -0.25) is 4.79 Å². The number of amides is 1. The molecular formula is C15H14F3NO4. The quantitative estimate of drug-likeness (QED) is 0.923. The molecule has 1 N–H and O–H groups in total. The third kappa shape index (κ3) is 2.97. The maximum Gasteiger partial charge on any atom is 0.471 e. The normalized spacial score (nSPS) is 20.4. The highest BCUT2D eigenvalue weighted by molar-refractivity contribution is 5.90. The molecule has 2 aliphatic rings. The number of nitrogens with zero attached hydrogens (tertiary/aromatic N) is 1. The molecule has 124 valence electrons. The van der Waals surface area contributed by atoms with Crippen LogP contribution in [0.4, 0.5) is 13.2 Å². The van der Waals surface area contributed by atoms with E-state index in [9.17, 15) is 27.9 Å². The Morgan fingerprint density at radius 3 is 2.48 bits per heavy atom. The number of alkyl halides is 3. The standard InChI is InChI=1S/C15H14F3NO4/c16-15(17,18)14(22)19(8-4-5-8)9-6-11-10(13(20)21)2-1-3-12(11)23-7-9/h1-3,8-9H,4-7H2,(H,20,21). The van der Waals surface area contributed by atoms with Gasteiger partial charge in [-0.1, -0.05) is 6.07 Å². The zero-order valence-corrected chi connectivity index (χ0v) is 12.0. The lowest BCUT2D eigenvalue weighted by Crippen LogP contribution is -2.52. The van der Waals surface area contributed by atoms with E-state index in [4.69, 9.17) is 4.74 Å². The Hall–Kier alpha value is -2.25. The Balaban J connectivity index is 1.91. The average molecular weight is 329 g/mol. The predicted octanol–water partition coefficient (Wildman–Crippen LogP) is 2.24. The molecule has 1 heterocycles. The van der Waals surface area contributed by atoms with Gasteiger partial charge in [0.2, 0.25) is 0 Å². The highest BCUT2D eigenvalue weighted by Gasteiger charge is 2.50. The molecule has 0 spiro atoms. The summed E-state index contributed by atoms with van der Waals surface area (Å²) in [5.74, 6) is -2.72. The minimum absolute atomic E-state index is 0.0117. The summed E-state index contributed by atoms with van der Waals surface area (Å²) in [6, 6.07) is 3.20. The lowest BCUT2D eigenvalue weighted by molar-refractivity contribution is -0.189. The van der Waals surface area contributed by atoms with Crippen LogP contribution in [0.2, 0.25) is 0 Å². The number of aromatic carboxylic acids is 1. The molecular weight excluding hydrogens is 315 g/mol. The van der Waals surface area contributed by atoms with Crippen LogP contribution in [0.5, 0.6) is 5.75 Å². The predicted molar refractivity (Wildman–Crippen MR) is 72.3 cm³/mol. The molecule has 1 aliphatic heterocycles. The first-order valence-electron chi connectivity index (χ1n) is 7.16. The summed E-state index contributed by atoms with van der Waals surface area (Å²) in [4.78, 5) is 23.8. The van der Waals surface area contributed by atoms with Gasteiger partial charge in [-0.25, -0.2) is 4.79 Å². The van der Waals surface area contributed by atoms with Crippen LogP contribution in [0.1, 0.15) is 28.8 Å². The largest absolute Gasteiger partial charge is 0.491 e. The monoisotopic (exact) mass is 329 g/mol. The third-order valence-electron chi connectivity index (χ3n) is 4.05. The van der Waals surface area contributed by atoms with E-state index in [0.717, 1.165) is 4.90 Å². The van der Waals surface area contributed by atoms with Crippen molar-refractivity contribution in [3.05, 3.63) is 29.3 Å². The Bertz CT molecular complexity index is 655.